The van der Waals surface area contributed by atoms with Crippen molar-refractivity contribution in [3.05, 3.63) is 54.4 Å². The molecule has 1 aliphatic rings. The number of carbonyl (C=O) groups excluding carboxylic acids is 2. The van der Waals surface area contributed by atoms with E-state index in [-0.39, 0.29) is 11.8 Å². The van der Waals surface area contributed by atoms with Crippen LogP contribution in [0.15, 0.2) is 48.8 Å². The molecule has 0 spiro atoms. The van der Waals surface area contributed by atoms with E-state index in [0.29, 0.717) is 12.8 Å². The van der Waals surface area contributed by atoms with Gasteiger partial charge in [-0.15, -0.1) is 0 Å². The number of aromatic nitrogens is 1. The predicted octanol–water partition coefficient (Wildman–Crippen LogP) is 2.39. The molecule has 2 amide bonds. The minimum atomic E-state index is -0.0730. The minimum Gasteiger partial charge on any atom is -0.326 e. The van der Waals surface area contributed by atoms with Gasteiger partial charge in [0, 0.05) is 36.7 Å². The van der Waals surface area contributed by atoms with E-state index in [1.54, 1.807) is 29.4 Å². The Morgan fingerprint density at radius 3 is 2.50 bits per heavy atom. The van der Waals surface area contributed by atoms with Gasteiger partial charge in [0.1, 0.15) is 0 Å². The number of pyridine rings is 1. The predicted molar refractivity (Wildman–Crippen MR) is 84.6 cm³/mol. The molecule has 0 saturated carbocycles. The molecule has 5 heteroatoms. The summed E-state index contributed by atoms with van der Waals surface area (Å²) in [5.41, 5.74) is 2.56. The Balaban J connectivity index is 1.61. The molecule has 1 fully saturated rings. The molecule has 1 saturated heterocycles. The zero-order valence-corrected chi connectivity index (χ0v) is 12.2. The molecule has 0 unspecified atom stereocenters. The summed E-state index contributed by atoms with van der Waals surface area (Å²) in [5, 5.41) is 2.82. The van der Waals surface area contributed by atoms with Gasteiger partial charge in [0.25, 0.3) is 0 Å². The molecule has 1 N–H and O–H groups in total. The Labute approximate surface area is 129 Å². The number of benzene rings is 1. The van der Waals surface area contributed by atoms with Gasteiger partial charge in [-0.1, -0.05) is 12.1 Å². The largest absolute Gasteiger partial charge is 0.326 e. The third kappa shape index (κ3) is 3.31. The van der Waals surface area contributed by atoms with Crippen LogP contribution in [0.4, 0.5) is 11.4 Å². The smallest absolute Gasteiger partial charge is 0.228 e. The Morgan fingerprint density at radius 1 is 1.14 bits per heavy atom. The summed E-state index contributed by atoms with van der Waals surface area (Å²) in [4.78, 5) is 29.4. The minimum absolute atomic E-state index is 0.0730. The SMILES string of the molecule is O=C(Cc1ccc(N2CCCC2=O)cc1)Nc1ccncc1. The number of carbonyl (C=O) groups is 2. The maximum atomic E-state index is 12.0. The zero-order chi connectivity index (χ0) is 15.4. The van der Waals surface area contributed by atoms with Crippen molar-refractivity contribution in [1.82, 2.24) is 4.98 Å². The molecule has 0 bridgehead atoms. The van der Waals surface area contributed by atoms with E-state index in [1.165, 1.54) is 0 Å². The third-order valence-electron chi connectivity index (χ3n) is 3.65. The summed E-state index contributed by atoms with van der Waals surface area (Å²) in [7, 11) is 0. The third-order valence-corrected chi connectivity index (χ3v) is 3.65. The van der Waals surface area contributed by atoms with Gasteiger partial charge in [-0.3, -0.25) is 14.6 Å². The first-order valence-corrected chi connectivity index (χ1v) is 7.31. The first-order valence-electron chi connectivity index (χ1n) is 7.31. The van der Waals surface area contributed by atoms with E-state index in [9.17, 15) is 9.59 Å². The Bertz CT molecular complexity index is 668. The van der Waals surface area contributed by atoms with Crippen LogP contribution in [-0.4, -0.2) is 23.3 Å². The fourth-order valence-electron chi connectivity index (χ4n) is 2.54. The fraction of sp³-hybridized carbons (Fsp3) is 0.235. The van der Waals surface area contributed by atoms with Crippen LogP contribution in [0, 0.1) is 0 Å². The molecule has 0 aliphatic carbocycles. The summed E-state index contributed by atoms with van der Waals surface area (Å²) in [6, 6.07) is 11.1. The summed E-state index contributed by atoms with van der Waals surface area (Å²) in [6.07, 6.45) is 5.11. The molecule has 22 heavy (non-hydrogen) atoms. The standard InChI is InChI=1S/C17H17N3O2/c21-16(19-14-7-9-18-10-8-14)12-13-3-5-15(6-4-13)20-11-1-2-17(20)22/h3-10H,1-2,11-12H2,(H,18,19,21). The van der Waals surface area contributed by atoms with Crippen molar-refractivity contribution < 1.29 is 9.59 Å². The van der Waals surface area contributed by atoms with Crippen molar-refractivity contribution in [3.8, 4) is 0 Å². The summed E-state index contributed by atoms with van der Waals surface area (Å²) in [6.45, 7) is 0.778. The second-order valence-corrected chi connectivity index (χ2v) is 5.28. The molecule has 5 nitrogen and oxygen atoms in total. The van der Waals surface area contributed by atoms with Crippen molar-refractivity contribution in [2.24, 2.45) is 0 Å². The topological polar surface area (TPSA) is 62.3 Å². The maximum Gasteiger partial charge on any atom is 0.228 e. The van der Waals surface area contributed by atoms with E-state index in [1.807, 2.05) is 24.3 Å². The van der Waals surface area contributed by atoms with Crippen LogP contribution in [0.25, 0.3) is 0 Å². The van der Waals surface area contributed by atoms with Crippen LogP contribution >= 0.6 is 0 Å². The van der Waals surface area contributed by atoms with Gasteiger partial charge in [0.15, 0.2) is 0 Å². The van der Waals surface area contributed by atoms with Gasteiger partial charge in [-0.2, -0.15) is 0 Å². The highest BCUT2D eigenvalue weighted by atomic mass is 16.2. The highest BCUT2D eigenvalue weighted by Gasteiger charge is 2.21. The lowest BCUT2D eigenvalue weighted by Gasteiger charge is -2.15. The van der Waals surface area contributed by atoms with Crippen LogP contribution in [0.1, 0.15) is 18.4 Å². The second kappa shape index (κ2) is 6.39. The van der Waals surface area contributed by atoms with Crippen molar-refractivity contribution in [2.45, 2.75) is 19.3 Å². The highest BCUT2D eigenvalue weighted by molar-refractivity contribution is 5.95. The normalized spacial score (nSPS) is 14.2. The van der Waals surface area contributed by atoms with E-state index < -0.39 is 0 Å². The molecule has 2 aromatic rings. The van der Waals surface area contributed by atoms with Gasteiger partial charge in [0.2, 0.25) is 11.8 Å². The first-order chi connectivity index (χ1) is 10.7. The fourth-order valence-corrected chi connectivity index (χ4v) is 2.54. The highest BCUT2D eigenvalue weighted by Crippen LogP contribution is 2.21. The number of anilines is 2. The molecule has 1 aromatic heterocycles. The quantitative estimate of drug-likeness (QED) is 0.942. The van der Waals surface area contributed by atoms with Gasteiger partial charge in [-0.25, -0.2) is 0 Å². The lowest BCUT2D eigenvalue weighted by atomic mass is 10.1. The van der Waals surface area contributed by atoms with Crippen molar-refractivity contribution in [1.29, 1.82) is 0 Å². The van der Waals surface area contributed by atoms with Gasteiger partial charge >= 0.3 is 0 Å². The van der Waals surface area contributed by atoms with Crippen molar-refractivity contribution in [3.63, 3.8) is 0 Å². The molecule has 3 rings (SSSR count). The Hall–Kier alpha value is -2.69. The number of hydrogen-bond acceptors (Lipinski definition) is 3. The number of nitrogens with one attached hydrogen (secondary N) is 1. The first kappa shape index (κ1) is 14.3. The molecule has 112 valence electrons. The zero-order valence-electron chi connectivity index (χ0n) is 12.2. The average Bonchev–Trinajstić information content (AvgIpc) is 2.95. The molecule has 1 aliphatic heterocycles. The Kier molecular flexibility index (Phi) is 4.14. The second-order valence-electron chi connectivity index (χ2n) is 5.28. The number of nitrogens with zero attached hydrogens (tertiary/aromatic N) is 2. The van der Waals surface area contributed by atoms with Crippen LogP contribution in [0.3, 0.4) is 0 Å². The monoisotopic (exact) mass is 295 g/mol. The lowest BCUT2D eigenvalue weighted by Crippen LogP contribution is -2.23. The van der Waals surface area contributed by atoms with Crippen LogP contribution in [0.2, 0.25) is 0 Å². The van der Waals surface area contributed by atoms with E-state index in [0.717, 1.165) is 29.9 Å². The summed E-state index contributed by atoms with van der Waals surface area (Å²) in [5.74, 6) is 0.0966. The summed E-state index contributed by atoms with van der Waals surface area (Å²) < 4.78 is 0. The van der Waals surface area contributed by atoms with Crippen molar-refractivity contribution in [2.75, 3.05) is 16.8 Å². The molecular weight excluding hydrogens is 278 g/mol. The summed E-state index contributed by atoms with van der Waals surface area (Å²) >= 11 is 0. The molecule has 0 radical (unpaired) electrons. The van der Waals surface area contributed by atoms with Gasteiger partial charge in [0.05, 0.1) is 6.42 Å². The van der Waals surface area contributed by atoms with E-state index in [2.05, 4.69) is 10.3 Å². The lowest BCUT2D eigenvalue weighted by molar-refractivity contribution is -0.117. The van der Waals surface area contributed by atoms with E-state index >= 15 is 0 Å². The van der Waals surface area contributed by atoms with Gasteiger partial charge < -0.3 is 10.2 Å². The maximum absolute atomic E-state index is 12.0. The molecular formula is C17H17N3O2. The number of amides is 2. The Morgan fingerprint density at radius 2 is 1.86 bits per heavy atom. The van der Waals surface area contributed by atoms with E-state index in [4.69, 9.17) is 0 Å². The average molecular weight is 295 g/mol. The van der Waals surface area contributed by atoms with Gasteiger partial charge in [-0.05, 0) is 36.2 Å². The van der Waals surface area contributed by atoms with Crippen LogP contribution < -0.4 is 10.2 Å². The molecule has 1 aromatic carbocycles. The molecule has 0 atom stereocenters. The van der Waals surface area contributed by atoms with Crippen molar-refractivity contribution >= 4 is 23.2 Å². The van der Waals surface area contributed by atoms with Crippen LogP contribution in [-0.2, 0) is 16.0 Å². The number of rotatable bonds is 4. The van der Waals surface area contributed by atoms with Crippen LogP contribution in [0.5, 0.6) is 0 Å². The number of hydrogen-bond donors (Lipinski definition) is 1. The molecule has 2 heterocycles.